The van der Waals surface area contributed by atoms with Crippen LogP contribution in [-0.4, -0.2) is 20.5 Å². The second kappa shape index (κ2) is 7.49. The number of sulfonamides is 1. The van der Waals surface area contributed by atoms with Gasteiger partial charge in [-0.1, -0.05) is 0 Å². The van der Waals surface area contributed by atoms with Gasteiger partial charge in [0.2, 0.25) is 0 Å². The number of hydrogen-bond acceptors (Lipinski definition) is 6. The summed E-state index contributed by atoms with van der Waals surface area (Å²) in [6.45, 7) is 2.31. The lowest BCUT2D eigenvalue weighted by Gasteiger charge is -2.10. The molecule has 0 aliphatic carbocycles. The number of furan rings is 1. The van der Waals surface area contributed by atoms with Gasteiger partial charge >= 0.3 is 0 Å². The van der Waals surface area contributed by atoms with Crippen molar-refractivity contribution in [3.05, 3.63) is 66.2 Å². The number of nitrogens with one attached hydrogen (secondary N) is 2. The summed E-state index contributed by atoms with van der Waals surface area (Å²) in [6.07, 6.45) is 3.16. The number of ether oxygens (including phenoxy) is 1. The van der Waals surface area contributed by atoms with Gasteiger partial charge in [-0.25, -0.2) is 13.4 Å². The number of hydrogen-bond donors (Lipinski definition) is 2. The Bertz CT molecular complexity index is 968. The molecule has 7 nitrogen and oxygen atoms in total. The molecule has 0 bridgehead atoms. The van der Waals surface area contributed by atoms with Crippen molar-refractivity contribution in [2.75, 3.05) is 17.1 Å². The summed E-state index contributed by atoms with van der Waals surface area (Å²) in [6, 6.07) is 11.7. The first-order valence-corrected chi connectivity index (χ1v) is 9.36. The molecule has 26 heavy (non-hydrogen) atoms. The second-order valence-corrected chi connectivity index (χ2v) is 7.28. The highest BCUT2D eigenvalue weighted by molar-refractivity contribution is 7.92. The molecular formula is C18H19N3O4S. The first kappa shape index (κ1) is 17.8. The molecule has 2 aromatic heterocycles. The molecule has 0 radical (unpaired) electrons. The fourth-order valence-corrected chi connectivity index (χ4v) is 3.47. The highest BCUT2D eigenvalue weighted by atomic mass is 32.2. The van der Waals surface area contributed by atoms with Crippen molar-refractivity contribution < 1.29 is 17.6 Å². The van der Waals surface area contributed by atoms with Gasteiger partial charge in [-0.2, -0.15) is 0 Å². The molecule has 3 aromatic rings. The van der Waals surface area contributed by atoms with E-state index in [1.54, 1.807) is 50.8 Å². The van der Waals surface area contributed by atoms with E-state index in [1.165, 1.54) is 6.07 Å². The number of pyridine rings is 1. The van der Waals surface area contributed by atoms with Gasteiger partial charge in [0.05, 0.1) is 36.7 Å². The minimum absolute atomic E-state index is 0.151. The van der Waals surface area contributed by atoms with Crippen molar-refractivity contribution >= 4 is 21.5 Å². The summed E-state index contributed by atoms with van der Waals surface area (Å²) >= 11 is 0. The normalized spacial score (nSPS) is 11.2. The number of aromatic nitrogens is 1. The molecule has 0 spiro atoms. The molecule has 0 saturated heterocycles. The number of anilines is 2. The predicted molar refractivity (Wildman–Crippen MR) is 98.8 cm³/mol. The third-order valence-corrected chi connectivity index (χ3v) is 5.08. The van der Waals surface area contributed by atoms with E-state index in [9.17, 15) is 8.42 Å². The molecule has 0 saturated carbocycles. The Balaban J connectivity index is 1.68. The van der Waals surface area contributed by atoms with Crippen LogP contribution in [0.5, 0.6) is 5.75 Å². The third kappa shape index (κ3) is 4.15. The van der Waals surface area contributed by atoms with Crippen LogP contribution in [0.2, 0.25) is 0 Å². The summed E-state index contributed by atoms with van der Waals surface area (Å²) in [5, 5.41) is 3.14. The Hall–Kier alpha value is -3.00. The lowest BCUT2D eigenvalue weighted by molar-refractivity contribution is 0.411. The van der Waals surface area contributed by atoms with Gasteiger partial charge in [0.15, 0.2) is 0 Å². The van der Waals surface area contributed by atoms with Crippen molar-refractivity contribution in [2.24, 2.45) is 0 Å². The molecule has 0 aliphatic heterocycles. The van der Waals surface area contributed by atoms with Crippen molar-refractivity contribution in [2.45, 2.75) is 18.4 Å². The minimum atomic E-state index is -3.72. The maximum atomic E-state index is 12.5. The molecule has 8 heteroatoms. The van der Waals surface area contributed by atoms with Crippen LogP contribution < -0.4 is 14.8 Å². The van der Waals surface area contributed by atoms with E-state index in [1.807, 2.05) is 12.1 Å². The highest BCUT2D eigenvalue weighted by Gasteiger charge is 2.16. The second-order valence-electron chi connectivity index (χ2n) is 5.60. The van der Waals surface area contributed by atoms with Crippen molar-refractivity contribution in [3.63, 3.8) is 0 Å². The Morgan fingerprint density at radius 3 is 2.65 bits per heavy atom. The zero-order valence-corrected chi connectivity index (χ0v) is 15.2. The van der Waals surface area contributed by atoms with E-state index < -0.39 is 10.0 Å². The fourth-order valence-electron chi connectivity index (χ4n) is 2.38. The van der Waals surface area contributed by atoms with Gasteiger partial charge < -0.3 is 14.5 Å². The van der Waals surface area contributed by atoms with Crippen LogP contribution in [-0.2, 0) is 16.6 Å². The van der Waals surface area contributed by atoms with Gasteiger partial charge in [0.1, 0.15) is 17.3 Å². The van der Waals surface area contributed by atoms with Crippen LogP contribution in [0.3, 0.4) is 0 Å². The molecule has 3 rings (SSSR count). The van der Waals surface area contributed by atoms with E-state index in [0.29, 0.717) is 12.3 Å². The predicted octanol–water partition coefficient (Wildman–Crippen LogP) is 3.40. The number of nitrogens with zero attached hydrogens (tertiary/aromatic N) is 1. The Labute approximate surface area is 152 Å². The molecule has 2 heterocycles. The van der Waals surface area contributed by atoms with Crippen molar-refractivity contribution in [1.82, 2.24) is 4.98 Å². The largest absolute Gasteiger partial charge is 0.496 e. The Morgan fingerprint density at radius 1 is 1.19 bits per heavy atom. The van der Waals surface area contributed by atoms with Crippen LogP contribution in [0.1, 0.15) is 11.3 Å². The minimum Gasteiger partial charge on any atom is -0.496 e. The molecule has 0 fully saturated rings. The zero-order chi connectivity index (χ0) is 18.6. The zero-order valence-electron chi connectivity index (χ0n) is 14.4. The van der Waals surface area contributed by atoms with Gasteiger partial charge in [-0.15, -0.1) is 0 Å². The first-order chi connectivity index (χ1) is 12.5. The average molecular weight is 373 g/mol. The van der Waals surface area contributed by atoms with Crippen molar-refractivity contribution in [3.8, 4) is 5.75 Å². The Kier molecular flexibility index (Phi) is 5.13. The maximum absolute atomic E-state index is 12.5. The summed E-state index contributed by atoms with van der Waals surface area (Å²) in [4.78, 5) is 4.29. The van der Waals surface area contributed by atoms with Gasteiger partial charge in [-0.05, 0) is 55.0 Å². The molecule has 1 aromatic carbocycles. The van der Waals surface area contributed by atoms with Gasteiger partial charge in [-0.3, -0.25) is 4.72 Å². The molecule has 136 valence electrons. The molecular weight excluding hydrogens is 354 g/mol. The summed E-state index contributed by atoms with van der Waals surface area (Å²) in [5.74, 6) is 1.67. The quantitative estimate of drug-likeness (QED) is 0.659. The Morgan fingerprint density at radius 2 is 2.04 bits per heavy atom. The lowest BCUT2D eigenvalue weighted by Crippen LogP contribution is -2.14. The van der Waals surface area contributed by atoms with E-state index in [4.69, 9.17) is 9.15 Å². The standard InChI is InChI=1S/C18H19N3O4S/c1-13-10-16(6-7-17(13)24-2)26(22,23)21-18-8-5-14(11-20-18)19-12-15-4-3-9-25-15/h3-11,19H,12H2,1-2H3,(H,20,21). The molecule has 0 amide bonds. The molecule has 0 atom stereocenters. The van der Waals surface area contributed by atoms with Crippen LogP contribution >= 0.6 is 0 Å². The maximum Gasteiger partial charge on any atom is 0.263 e. The SMILES string of the molecule is COc1ccc(S(=O)(=O)Nc2ccc(NCc3ccco3)cn2)cc1C. The first-order valence-electron chi connectivity index (χ1n) is 7.88. The number of aryl methyl sites for hydroxylation is 1. The average Bonchev–Trinajstić information content (AvgIpc) is 3.14. The number of methoxy groups -OCH3 is 1. The van der Waals surface area contributed by atoms with Gasteiger partial charge in [0, 0.05) is 0 Å². The number of benzene rings is 1. The fraction of sp³-hybridized carbons (Fsp3) is 0.167. The highest BCUT2D eigenvalue weighted by Crippen LogP contribution is 2.23. The summed E-state index contributed by atoms with van der Waals surface area (Å²) < 4.78 is 37.9. The van der Waals surface area contributed by atoms with E-state index in [0.717, 1.165) is 17.0 Å². The molecule has 2 N–H and O–H groups in total. The smallest absolute Gasteiger partial charge is 0.263 e. The monoisotopic (exact) mass is 373 g/mol. The van der Waals surface area contributed by atoms with Gasteiger partial charge in [0.25, 0.3) is 10.0 Å². The van der Waals surface area contributed by atoms with E-state index in [-0.39, 0.29) is 10.7 Å². The van der Waals surface area contributed by atoms with E-state index >= 15 is 0 Å². The van der Waals surface area contributed by atoms with Crippen LogP contribution in [0.4, 0.5) is 11.5 Å². The third-order valence-electron chi connectivity index (χ3n) is 3.73. The topological polar surface area (TPSA) is 93.5 Å². The van der Waals surface area contributed by atoms with Crippen LogP contribution in [0.15, 0.2) is 64.2 Å². The lowest BCUT2D eigenvalue weighted by atomic mass is 10.2. The molecule has 0 aliphatic rings. The van der Waals surface area contributed by atoms with Crippen LogP contribution in [0.25, 0.3) is 0 Å². The summed E-state index contributed by atoms with van der Waals surface area (Å²) in [7, 11) is -2.18. The van der Waals surface area contributed by atoms with Crippen molar-refractivity contribution in [1.29, 1.82) is 0 Å². The molecule has 0 unspecified atom stereocenters. The van der Waals surface area contributed by atoms with E-state index in [2.05, 4.69) is 15.0 Å². The van der Waals surface area contributed by atoms with Crippen LogP contribution in [0, 0.1) is 6.92 Å². The number of rotatable bonds is 7. The summed E-state index contributed by atoms with van der Waals surface area (Å²) in [5.41, 5.74) is 1.49.